The van der Waals surface area contributed by atoms with Gasteiger partial charge in [0, 0.05) is 31.8 Å². The summed E-state index contributed by atoms with van der Waals surface area (Å²) in [6, 6.07) is 2.05. The number of hydrogen-bond donors (Lipinski definition) is 2. The molecule has 0 aliphatic heterocycles. The average Bonchev–Trinajstić information content (AvgIpc) is 2.64. The Kier molecular flexibility index (Phi) is 6.43. The molecular weight excluding hydrogens is 230 g/mol. The number of carbonyl (C=O) groups is 1. The standard InChI is InChI=1S/C13H23N3O2/c1-11-10-12(2)16(15-11)8-5-7-14-13(18)6-3-4-9-17/h10,17H,3-9H2,1-2H3,(H,14,18). The van der Waals surface area contributed by atoms with Crippen molar-refractivity contribution in [3.63, 3.8) is 0 Å². The first-order valence-corrected chi connectivity index (χ1v) is 6.52. The molecule has 1 aromatic rings. The lowest BCUT2D eigenvalue weighted by Gasteiger charge is -2.06. The van der Waals surface area contributed by atoms with Gasteiger partial charge in [-0.15, -0.1) is 0 Å². The molecule has 0 aromatic carbocycles. The van der Waals surface area contributed by atoms with Gasteiger partial charge in [0.25, 0.3) is 0 Å². The first kappa shape index (κ1) is 14.7. The van der Waals surface area contributed by atoms with E-state index in [1.165, 1.54) is 0 Å². The van der Waals surface area contributed by atoms with E-state index in [1.807, 2.05) is 24.6 Å². The summed E-state index contributed by atoms with van der Waals surface area (Å²) in [5, 5.41) is 15.8. The van der Waals surface area contributed by atoms with E-state index >= 15 is 0 Å². The SMILES string of the molecule is Cc1cc(C)n(CCCNC(=O)CCCCO)n1. The van der Waals surface area contributed by atoms with E-state index in [4.69, 9.17) is 5.11 Å². The Morgan fingerprint density at radius 3 is 2.78 bits per heavy atom. The van der Waals surface area contributed by atoms with Gasteiger partial charge in [0.05, 0.1) is 5.69 Å². The number of rotatable bonds is 8. The molecule has 0 fully saturated rings. The number of nitrogens with zero attached hydrogens (tertiary/aromatic N) is 2. The predicted octanol–water partition coefficient (Wildman–Crippen LogP) is 1.17. The number of hydrogen-bond acceptors (Lipinski definition) is 3. The highest BCUT2D eigenvalue weighted by molar-refractivity contribution is 5.75. The van der Waals surface area contributed by atoms with E-state index in [2.05, 4.69) is 10.4 Å². The Hall–Kier alpha value is -1.36. The number of aryl methyl sites for hydroxylation is 3. The second-order valence-corrected chi connectivity index (χ2v) is 4.53. The largest absolute Gasteiger partial charge is 0.396 e. The molecule has 0 aliphatic rings. The van der Waals surface area contributed by atoms with E-state index in [9.17, 15) is 4.79 Å². The lowest BCUT2D eigenvalue weighted by molar-refractivity contribution is -0.121. The molecule has 0 bridgehead atoms. The third kappa shape index (κ3) is 5.31. The minimum atomic E-state index is 0.0665. The molecule has 5 heteroatoms. The Balaban J connectivity index is 2.11. The zero-order valence-electron chi connectivity index (χ0n) is 11.3. The van der Waals surface area contributed by atoms with Crippen LogP contribution in [0.1, 0.15) is 37.1 Å². The summed E-state index contributed by atoms with van der Waals surface area (Å²) in [5.74, 6) is 0.0665. The number of aliphatic hydroxyl groups is 1. The van der Waals surface area contributed by atoms with Gasteiger partial charge in [-0.1, -0.05) is 0 Å². The van der Waals surface area contributed by atoms with Crippen molar-refractivity contribution in [2.45, 2.75) is 46.1 Å². The molecular formula is C13H23N3O2. The number of amides is 1. The summed E-state index contributed by atoms with van der Waals surface area (Å²) in [4.78, 5) is 11.4. The molecule has 0 radical (unpaired) electrons. The lowest BCUT2D eigenvalue weighted by Crippen LogP contribution is -2.25. The van der Waals surface area contributed by atoms with Crippen LogP contribution in [0.5, 0.6) is 0 Å². The molecule has 0 unspecified atom stereocenters. The Labute approximate surface area is 108 Å². The third-order valence-electron chi connectivity index (χ3n) is 2.78. The van der Waals surface area contributed by atoms with Crippen molar-refractivity contribution in [1.82, 2.24) is 15.1 Å². The number of unbranched alkanes of at least 4 members (excludes halogenated alkanes) is 1. The highest BCUT2D eigenvalue weighted by Crippen LogP contribution is 2.02. The van der Waals surface area contributed by atoms with Crippen molar-refractivity contribution in [3.8, 4) is 0 Å². The normalized spacial score (nSPS) is 10.6. The molecule has 18 heavy (non-hydrogen) atoms. The Morgan fingerprint density at radius 1 is 1.39 bits per heavy atom. The minimum Gasteiger partial charge on any atom is -0.396 e. The maximum absolute atomic E-state index is 11.4. The first-order valence-electron chi connectivity index (χ1n) is 6.52. The molecule has 0 atom stereocenters. The summed E-state index contributed by atoms with van der Waals surface area (Å²) in [6.07, 6.45) is 2.83. The summed E-state index contributed by atoms with van der Waals surface area (Å²) < 4.78 is 1.97. The van der Waals surface area contributed by atoms with Crippen LogP contribution in [0.15, 0.2) is 6.07 Å². The molecule has 1 heterocycles. The summed E-state index contributed by atoms with van der Waals surface area (Å²) in [5.41, 5.74) is 2.18. The fourth-order valence-corrected chi connectivity index (χ4v) is 1.84. The zero-order valence-corrected chi connectivity index (χ0v) is 11.3. The van der Waals surface area contributed by atoms with Crippen LogP contribution in [0.3, 0.4) is 0 Å². The average molecular weight is 253 g/mol. The van der Waals surface area contributed by atoms with Gasteiger partial charge in [-0.25, -0.2) is 0 Å². The van der Waals surface area contributed by atoms with Crippen molar-refractivity contribution in [2.24, 2.45) is 0 Å². The van der Waals surface area contributed by atoms with Gasteiger partial charge >= 0.3 is 0 Å². The minimum absolute atomic E-state index is 0.0665. The van der Waals surface area contributed by atoms with Crippen LogP contribution >= 0.6 is 0 Å². The van der Waals surface area contributed by atoms with Gasteiger partial charge < -0.3 is 10.4 Å². The van der Waals surface area contributed by atoms with Crippen LogP contribution in [0.4, 0.5) is 0 Å². The maximum atomic E-state index is 11.4. The van der Waals surface area contributed by atoms with Crippen molar-refractivity contribution in [1.29, 1.82) is 0 Å². The van der Waals surface area contributed by atoms with Crippen LogP contribution in [0, 0.1) is 13.8 Å². The molecule has 0 saturated carbocycles. The van der Waals surface area contributed by atoms with E-state index < -0.39 is 0 Å². The van der Waals surface area contributed by atoms with Crippen molar-refractivity contribution in [2.75, 3.05) is 13.2 Å². The van der Waals surface area contributed by atoms with Gasteiger partial charge in [-0.05, 0) is 39.2 Å². The second kappa shape index (κ2) is 7.87. The first-order chi connectivity index (χ1) is 8.63. The van der Waals surface area contributed by atoms with Gasteiger partial charge in [0.15, 0.2) is 0 Å². The molecule has 0 saturated heterocycles. The highest BCUT2D eigenvalue weighted by Gasteiger charge is 2.02. The number of carbonyl (C=O) groups excluding carboxylic acids is 1. The maximum Gasteiger partial charge on any atom is 0.219 e. The van der Waals surface area contributed by atoms with Crippen LogP contribution < -0.4 is 5.32 Å². The van der Waals surface area contributed by atoms with Gasteiger partial charge in [-0.2, -0.15) is 5.10 Å². The van der Waals surface area contributed by atoms with Crippen LogP contribution in [-0.2, 0) is 11.3 Å². The summed E-state index contributed by atoms with van der Waals surface area (Å²) in [7, 11) is 0. The molecule has 5 nitrogen and oxygen atoms in total. The van der Waals surface area contributed by atoms with Crippen molar-refractivity contribution in [3.05, 3.63) is 17.5 Å². The van der Waals surface area contributed by atoms with Crippen molar-refractivity contribution >= 4 is 5.91 Å². The quantitative estimate of drug-likeness (QED) is 0.683. The fraction of sp³-hybridized carbons (Fsp3) is 0.692. The number of aliphatic hydroxyl groups excluding tert-OH is 1. The van der Waals surface area contributed by atoms with Crippen LogP contribution in [0.2, 0.25) is 0 Å². The Bertz CT molecular complexity index is 374. The van der Waals surface area contributed by atoms with Gasteiger partial charge in [0.1, 0.15) is 0 Å². The van der Waals surface area contributed by atoms with E-state index in [1.54, 1.807) is 0 Å². The van der Waals surface area contributed by atoms with E-state index in [0.717, 1.165) is 30.8 Å². The van der Waals surface area contributed by atoms with E-state index in [0.29, 0.717) is 19.4 Å². The smallest absolute Gasteiger partial charge is 0.219 e. The number of nitrogens with one attached hydrogen (secondary N) is 1. The van der Waals surface area contributed by atoms with Crippen LogP contribution in [0.25, 0.3) is 0 Å². The molecule has 0 spiro atoms. The van der Waals surface area contributed by atoms with Gasteiger partial charge in [0.2, 0.25) is 5.91 Å². The van der Waals surface area contributed by atoms with Gasteiger partial charge in [-0.3, -0.25) is 9.48 Å². The second-order valence-electron chi connectivity index (χ2n) is 4.53. The summed E-state index contributed by atoms with van der Waals surface area (Å²) in [6.45, 7) is 5.68. The van der Waals surface area contributed by atoms with E-state index in [-0.39, 0.29) is 12.5 Å². The topological polar surface area (TPSA) is 67.2 Å². The molecule has 1 amide bonds. The monoisotopic (exact) mass is 253 g/mol. The predicted molar refractivity (Wildman–Crippen MR) is 70.3 cm³/mol. The molecule has 1 rings (SSSR count). The fourth-order valence-electron chi connectivity index (χ4n) is 1.84. The highest BCUT2D eigenvalue weighted by atomic mass is 16.2. The molecule has 2 N–H and O–H groups in total. The third-order valence-corrected chi connectivity index (χ3v) is 2.78. The lowest BCUT2D eigenvalue weighted by atomic mass is 10.2. The van der Waals surface area contributed by atoms with Crippen molar-refractivity contribution < 1.29 is 9.90 Å². The summed E-state index contributed by atoms with van der Waals surface area (Å²) >= 11 is 0. The molecule has 102 valence electrons. The Morgan fingerprint density at radius 2 is 2.17 bits per heavy atom. The molecule has 1 aromatic heterocycles. The zero-order chi connectivity index (χ0) is 13.4. The van der Waals surface area contributed by atoms with Crippen LogP contribution in [-0.4, -0.2) is 33.9 Å². The molecule has 0 aliphatic carbocycles. The number of aromatic nitrogens is 2.